The molecule has 0 saturated heterocycles. The standard InChI is InChI=1S/C31H22O4/c32-21-12-8-19-10-14-27(34)29(25(19)16-21)31(24-7-3-5-18-4-1-2-6-23(18)24)30-26-17-22(33)13-9-20(26)11-15-28(30)35/h1-17,31-35H. The second kappa shape index (κ2) is 7.96. The van der Waals surface area contributed by atoms with Gasteiger partial charge in [0.2, 0.25) is 0 Å². The SMILES string of the molecule is Oc1ccc2ccc(O)c(C(c3cccc4ccccc34)c3c(O)ccc4ccc(O)cc34)c2c1. The maximum Gasteiger partial charge on any atom is 0.120 e. The predicted molar refractivity (Wildman–Crippen MR) is 139 cm³/mol. The van der Waals surface area contributed by atoms with Gasteiger partial charge in [-0.2, -0.15) is 0 Å². The summed E-state index contributed by atoms with van der Waals surface area (Å²) in [6.45, 7) is 0. The van der Waals surface area contributed by atoms with Crippen LogP contribution in [0.25, 0.3) is 32.3 Å². The zero-order valence-electron chi connectivity index (χ0n) is 18.7. The van der Waals surface area contributed by atoms with Crippen LogP contribution in [0.4, 0.5) is 0 Å². The molecular formula is C31H22O4. The van der Waals surface area contributed by atoms with E-state index in [1.54, 1.807) is 36.4 Å². The molecule has 0 bridgehead atoms. The first-order valence-corrected chi connectivity index (χ1v) is 11.4. The molecule has 4 N–H and O–H groups in total. The van der Waals surface area contributed by atoms with Crippen molar-refractivity contribution >= 4 is 32.3 Å². The lowest BCUT2D eigenvalue weighted by atomic mass is 9.78. The number of hydrogen-bond donors (Lipinski definition) is 4. The molecule has 0 amide bonds. The van der Waals surface area contributed by atoms with Gasteiger partial charge in [0.05, 0.1) is 0 Å². The molecule has 4 nitrogen and oxygen atoms in total. The van der Waals surface area contributed by atoms with Gasteiger partial charge in [0.1, 0.15) is 23.0 Å². The van der Waals surface area contributed by atoms with Crippen LogP contribution in [0.3, 0.4) is 0 Å². The van der Waals surface area contributed by atoms with Gasteiger partial charge in [-0.3, -0.25) is 0 Å². The fraction of sp³-hybridized carbons (Fsp3) is 0.0323. The van der Waals surface area contributed by atoms with Crippen LogP contribution >= 0.6 is 0 Å². The molecule has 170 valence electrons. The topological polar surface area (TPSA) is 80.9 Å². The Morgan fingerprint density at radius 1 is 0.429 bits per heavy atom. The van der Waals surface area contributed by atoms with Gasteiger partial charge in [-0.1, -0.05) is 66.7 Å². The van der Waals surface area contributed by atoms with Crippen molar-refractivity contribution in [1.82, 2.24) is 0 Å². The number of rotatable bonds is 3. The fourth-order valence-corrected chi connectivity index (χ4v) is 5.20. The summed E-state index contributed by atoms with van der Waals surface area (Å²) in [6.07, 6.45) is 0. The summed E-state index contributed by atoms with van der Waals surface area (Å²) in [5.41, 5.74) is 2.03. The molecule has 0 saturated carbocycles. The zero-order valence-corrected chi connectivity index (χ0v) is 18.7. The van der Waals surface area contributed by atoms with Gasteiger partial charge in [0, 0.05) is 17.0 Å². The van der Waals surface area contributed by atoms with E-state index in [2.05, 4.69) is 0 Å². The first-order valence-electron chi connectivity index (χ1n) is 11.4. The van der Waals surface area contributed by atoms with Crippen molar-refractivity contribution in [2.75, 3.05) is 0 Å². The molecule has 0 fully saturated rings. The molecule has 35 heavy (non-hydrogen) atoms. The van der Waals surface area contributed by atoms with Gasteiger partial charge in [0.15, 0.2) is 0 Å². The summed E-state index contributed by atoms with van der Waals surface area (Å²) in [6, 6.07) is 31.0. The molecule has 0 heterocycles. The van der Waals surface area contributed by atoms with E-state index in [9.17, 15) is 20.4 Å². The first kappa shape index (κ1) is 20.9. The minimum absolute atomic E-state index is 0.0533. The van der Waals surface area contributed by atoms with Crippen molar-refractivity contribution in [3.8, 4) is 23.0 Å². The molecule has 0 aliphatic carbocycles. The largest absolute Gasteiger partial charge is 0.508 e. The van der Waals surface area contributed by atoms with E-state index < -0.39 is 5.92 Å². The second-order valence-corrected chi connectivity index (χ2v) is 8.81. The van der Waals surface area contributed by atoms with E-state index in [0.29, 0.717) is 21.9 Å². The average Bonchev–Trinajstić information content (AvgIpc) is 2.86. The highest BCUT2D eigenvalue weighted by atomic mass is 16.3. The van der Waals surface area contributed by atoms with Crippen LogP contribution in [0.2, 0.25) is 0 Å². The molecule has 0 unspecified atom stereocenters. The molecule has 0 aliphatic rings. The Bertz CT molecular complexity index is 1650. The van der Waals surface area contributed by atoms with Gasteiger partial charge in [-0.15, -0.1) is 0 Å². The lowest BCUT2D eigenvalue weighted by Gasteiger charge is -2.25. The molecule has 0 aliphatic heterocycles. The molecule has 0 aromatic heterocycles. The second-order valence-electron chi connectivity index (χ2n) is 8.81. The third-order valence-corrected chi connectivity index (χ3v) is 6.76. The Kier molecular flexibility index (Phi) is 4.75. The number of fused-ring (bicyclic) bond motifs is 3. The zero-order chi connectivity index (χ0) is 24.1. The fourth-order valence-electron chi connectivity index (χ4n) is 5.20. The van der Waals surface area contributed by atoms with Crippen molar-refractivity contribution < 1.29 is 20.4 Å². The molecular weight excluding hydrogens is 436 g/mol. The summed E-state index contributed by atoms with van der Waals surface area (Å²) in [5, 5.41) is 48.3. The molecule has 0 atom stereocenters. The summed E-state index contributed by atoms with van der Waals surface area (Å²) < 4.78 is 0. The van der Waals surface area contributed by atoms with E-state index >= 15 is 0 Å². The Balaban J connectivity index is 1.82. The minimum Gasteiger partial charge on any atom is -0.508 e. The Hall–Kier alpha value is -4.70. The molecule has 4 heteroatoms. The molecule has 6 aromatic rings. The molecule has 0 radical (unpaired) electrons. The maximum atomic E-state index is 11.3. The monoisotopic (exact) mass is 458 g/mol. The van der Waals surface area contributed by atoms with Gasteiger partial charge >= 0.3 is 0 Å². The molecule has 6 rings (SSSR count). The third kappa shape index (κ3) is 3.39. The van der Waals surface area contributed by atoms with Crippen molar-refractivity contribution in [2.24, 2.45) is 0 Å². The number of hydrogen-bond acceptors (Lipinski definition) is 4. The maximum absolute atomic E-state index is 11.3. The van der Waals surface area contributed by atoms with Gasteiger partial charge in [-0.05, 0) is 74.3 Å². The summed E-state index contributed by atoms with van der Waals surface area (Å²) in [7, 11) is 0. The van der Waals surface area contributed by atoms with E-state index in [-0.39, 0.29) is 23.0 Å². The number of benzene rings is 6. The average molecular weight is 459 g/mol. The Morgan fingerprint density at radius 2 is 0.914 bits per heavy atom. The number of phenolic OH excluding ortho intramolecular Hbond substituents is 4. The van der Waals surface area contributed by atoms with Gasteiger partial charge < -0.3 is 20.4 Å². The quantitative estimate of drug-likeness (QED) is 0.212. The van der Waals surface area contributed by atoms with Crippen LogP contribution in [0, 0.1) is 0 Å². The van der Waals surface area contributed by atoms with Crippen molar-refractivity contribution in [2.45, 2.75) is 5.92 Å². The van der Waals surface area contributed by atoms with Crippen LogP contribution < -0.4 is 0 Å². The van der Waals surface area contributed by atoms with Crippen LogP contribution in [-0.2, 0) is 0 Å². The van der Waals surface area contributed by atoms with Crippen LogP contribution in [0.15, 0.2) is 103 Å². The summed E-state index contributed by atoms with van der Waals surface area (Å²) in [4.78, 5) is 0. The Labute approximate surface area is 201 Å². The van der Waals surface area contributed by atoms with E-state index in [0.717, 1.165) is 27.1 Å². The third-order valence-electron chi connectivity index (χ3n) is 6.76. The minimum atomic E-state index is -0.600. The first-order chi connectivity index (χ1) is 17.0. The molecule has 0 spiro atoms. The van der Waals surface area contributed by atoms with Crippen molar-refractivity contribution in [3.05, 3.63) is 120 Å². The molecule has 6 aromatic carbocycles. The summed E-state index contributed by atoms with van der Waals surface area (Å²) in [5.74, 6) is -0.325. The van der Waals surface area contributed by atoms with Gasteiger partial charge in [-0.25, -0.2) is 0 Å². The summed E-state index contributed by atoms with van der Waals surface area (Å²) >= 11 is 0. The van der Waals surface area contributed by atoms with Gasteiger partial charge in [0.25, 0.3) is 0 Å². The van der Waals surface area contributed by atoms with E-state index in [4.69, 9.17) is 0 Å². The smallest absolute Gasteiger partial charge is 0.120 e. The van der Waals surface area contributed by atoms with Crippen molar-refractivity contribution in [1.29, 1.82) is 0 Å². The van der Waals surface area contributed by atoms with Crippen LogP contribution in [0.5, 0.6) is 23.0 Å². The van der Waals surface area contributed by atoms with E-state index in [1.165, 1.54) is 0 Å². The van der Waals surface area contributed by atoms with E-state index in [1.807, 2.05) is 66.7 Å². The number of aromatic hydroxyl groups is 4. The lowest BCUT2D eigenvalue weighted by molar-refractivity contribution is 0.460. The lowest BCUT2D eigenvalue weighted by Crippen LogP contribution is -2.07. The van der Waals surface area contributed by atoms with Crippen molar-refractivity contribution in [3.63, 3.8) is 0 Å². The Morgan fingerprint density at radius 3 is 1.51 bits per heavy atom. The predicted octanol–water partition coefficient (Wildman–Crippen LogP) is 7.15. The van der Waals surface area contributed by atoms with Crippen LogP contribution in [-0.4, -0.2) is 20.4 Å². The highest BCUT2D eigenvalue weighted by Crippen LogP contribution is 2.48. The van der Waals surface area contributed by atoms with Crippen LogP contribution in [0.1, 0.15) is 22.6 Å². The normalized spacial score (nSPS) is 11.6. The highest BCUT2D eigenvalue weighted by Gasteiger charge is 2.28. The highest BCUT2D eigenvalue weighted by molar-refractivity contribution is 5.97. The number of phenols is 4.